The van der Waals surface area contributed by atoms with Gasteiger partial charge in [-0.1, -0.05) is 0 Å². The third kappa shape index (κ3) is 40.4. The molecule has 0 saturated carbocycles. The van der Waals surface area contributed by atoms with Crippen LogP contribution in [0.25, 0.3) is 0 Å². The third-order valence-electron chi connectivity index (χ3n) is 4.10. The Morgan fingerprint density at radius 1 is 0.409 bits per heavy atom. The van der Waals surface area contributed by atoms with E-state index in [9.17, 15) is 9.59 Å². The highest BCUT2D eigenvalue weighted by atomic mass is 32.2. The molecule has 0 fully saturated rings. The first-order valence-electron chi connectivity index (χ1n) is 13.5. The lowest BCUT2D eigenvalue weighted by Crippen LogP contribution is -2.10. The summed E-state index contributed by atoms with van der Waals surface area (Å²) in [4.78, 5) is 44.0. The number of thioether (sulfide) groups is 10. The van der Waals surface area contributed by atoms with Crippen molar-refractivity contribution in [2.24, 2.45) is 0 Å². The predicted octanol–water partition coefficient (Wildman–Crippen LogP) is 5.03. The molecule has 0 rings (SSSR count). The van der Waals surface area contributed by atoms with Crippen LogP contribution in [0.15, 0.2) is 0 Å². The highest BCUT2D eigenvalue weighted by Crippen LogP contribution is 2.13. The van der Waals surface area contributed by atoms with Crippen molar-refractivity contribution in [3.8, 4) is 0 Å². The summed E-state index contributed by atoms with van der Waals surface area (Å²) < 4.78 is 10.4. The van der Waals surface area contributed by atoms with Gasteiger partial charge in [0.2, 0.25) is 0 Å². The molecule has 0 atom stereocenters. The second-order valence-electron chi connectivity index (χ2n) is 7.42. The van der Waals surface area contributed by atoms with Crippen molar-refractivity contribution in [2.75, 3.05) is 129 Å². The first-order valence-corrected chi connectivity index (χ1v) is 25.0. The highest BCUT2D eigenvalue weighted by molar-refractivity contribution is 8.16. The van der Waals surface area contributed by atoms with Gasteiger partial charge in [0.25, 0.3) is 0 Å². The summed E-state index contributed by atoms with van der Waals surface area (Å²) in [6.45, 7) is 2.01. The van der Waals surface area contributed by atoms with Gasteiger partial charge >= 0.3 is 11.9 Å². The van der Waals surface area contributed by atoms with Crippen LogP contribution in [0.4, 0.5) is 0 Å². The number of aliphatic hydroxyl groups is 2. The van der Waals surface area contributed by atoms with Crippen LogP contribution in [-0.4, -0.2) is 152 Å². The van der Waals surface area contributed by atoms with Gasteiger partial charge in [-0.3, -0.25) is 9.59 Å². The van der Waals surface area contributed by atoms with Crippen LogP contribution in [-0.2, 0) is 38.6 Å². The van der Waals surface area contributed by atoms with Crippen LogP contribution in [0.3, 0.4) is 0 Å². The van der Waals surface area contributed by atoms with E-state index < -0.39 is 0 Å². The van der Waals surface area contributed by atoms with Gasteiger partial charge < -0.3 is 19.7 Å². The average Bonchev–Trinajstić information content (AvgIpc) is 3.02. The van der Waals surface area contributed by atoms with Crippen LogP contribution < -0.4 is 0 Å². The minimum Gasteiger partial charge on any atom is -0.464 e. The zero-order chi connectivity index (χ0) is 32.0. The van der Waals surface area contributed by atoms with E-state index in [1.165, 1.54) is 23.5 Å². The van der Waals surface area contributed by atoms with Crippen molar-refractivity contribution in [2.45, 2.75) is 0 Å². The van der Waals surface area contributed by atoms with E-state index in [0.29, 0.717) is 49.8 Å². The monoisotopic (exact) mass is 814 g/mol. The number of hydrogen-bond donors (Lipinski definition) is 2. The maximum absolute atomic E-state index is 11.8. The molecular formula is C24H46O10S10. The Balaban J connectivity index is 3.19. The van der Waals surface area contributed by atoms with Crippen molar-refractivity contribution in [1.82, 2.24) is 0 Å². The largest absolute Gasteiger partial charge is 0.464 e. The Hall–Kier alpha value is 2.20. The van der Waals surface area contributed by atoms with Crippen molar-refractivity contribution in [1.29, 1.82) is 0 Å². The third-order valence-corrected chi connectivity index (χ3v) is 14.1. The molecule has 0 aromatic heterocycles. The lowest BCUT2D eigenvalue weighted by Gasteiger charge is -2.06. The van der Waals surface area contributed by atoms with E-state index in [-0.39, 0.29) is 23.8 Å². The highest BCUT2D eigenvalue weighted by Gasteiger charge is 2.04. The van der Waals surface area contributed by atoms with Gasteiger partial charge in [0.05, 0.1) is 43.2 Å². The van der Waals surface area contributed by atoms with E-state index in [1.807, 2.05) is 0 Å². The minimum absolute atomic E-state index is 0.118. The molecule has 20 heteroatoms. The van der Waals surface area contributed by atoms with Crippen LogP contribution in [0, 0.1) is 0 Å². The molecular weight excluding hydrogens is 769 g/mol. The molecule has 0 amide bonds. The van der Waals surface area contributed by atoms with Gasteiger partial charge in [-0.25, -0.2) is 19.6 Å². The van der Waals surface area contributed by atoms with Gasteiger partial charge in [-0.15, -0.1) is 94.1 Å². The second kappa shape index (κ2) is 41.4. The molecule has 0 unspecified atom stereocenters. The number of aliphatic hydroxyl groups excluding tert-OH is 2. The van der Waals surface area contributed by atoms with E-state index >= 15 is 0 Å². The number of hydrogen-bond acceptors (Lipinski definition) is 20. The number of carbonyl (C=O) groups is 2. The second-order valence-corrected chi connectivity index (χ2v) is 19.0. The first kappa shape index (κ1) is 46.2. The lowest BCUT2D eigenvalue weighted by molar-refractivity contribution is -0.285. The molecule has 0 aliphatic rings. The molecule has 44 heavy (non-hydrogen) atoms. The lowest BCUT2D eigenvalue weighted by atomic mass is 10.8. The number of ether oxygens (including phenoxy) is 2. The Morgan fingerprint density at radius 3 is 1.41 bits per heavy atom. The summed E-state index contributed by atoms with van der Waals surface area (Å²) in [6, 6.07) is 0. The molecule has 0 aromatic rings. The van der Waals surface area contributed by atoms with Crippen molar-refractivity contribution in [3.05, 3.63) is 0 Å². The van der Waals surface area contributed by atoms with Crippen molar-refractivity contribution < 1.29 is 48.8 Å². The minimum atomic E-state index is -0.182. The zero-order valence-electron chi connectivity index (χ0n) is 24.8. The van der Waals surface area contributed by atoms with Gasteiger partial charge in [0.1, 0.15) is 18.5 Å². The van der Waals surface area contributed by atoms with E-state index in [4.69, 9.17) is 39.2 Å². The summed E-state index contributed by atoms with van der Waals surface area (Å²) in [5.41, 5.74) is 0. The zero-order valence-corrected chi connectivity index (χ0v) is 33.0. The number of esters is 2. The van der Waals surface area contributed by atoms with Crippen LogP contribution in [0.2, 0.25) is 0 Å². The molecule has 0 spiro atoms. The molecule has 0 heterocycles. The summed E-state index contributed by atoms with van der Waals surface area (Å²) >= 11 is 16.1. The average molecular weight is 815 g/mol. The predicted molar refractivity (Wildman–Crippen MR) is 204 cm³/mol. The topological polar surface area (TPSA) is 130 Å². The Labute approximate surface area is 305 Å². The van der Waals surface area contributed by atoms with Crippen LogP contribution in [0.5, 0.6) is 0 Å². The molecule has 0 aromatic carbocycles. The van der Waals surface area contributed by atoms with Crippen molar-refractivity contribution >= 4 is 130 Å². The summed E-state index contributed by atoms with van der Waals surface area (Å²) in [5, 5.41) is 19.0. The molecule has 0 aliphatic carbocycles. The maximum atomic E-state index is 11.8. The summed E-state index contributed by atoms with van der Waals surface area (Å²) in [6.07, 6.45) is 0. The van der Waals surface area contributed by atoms with E-state index in [1.54, 1.807) is 94.1 Å². The van der Waals surface area contributed by atoms with Crippen molar-refractivity contribution in [3.63, 3.8) is 0 Å². The molecule has 10 nitrogen and oxygen atoms in total. The molecule has 0 bridgehead atoms. The number of rotatable bonds is 37. The SMILES string of the molecule is O=C(CSCCSCCOOCSCCSCOC(=O)CSCCSCCOOCCSCSCO)OCCSCSCO. The standard InChI is InChI=1S/C24H46O10S10/c25-17-43-21-41-5-1-29-23(27)15-37-11-9-36-7-3-33-34-20-40-14-13-39-19-30-24(28)16-38-12-10-35-6-2-31-32-4-8-42-22-44-18-26/h25-26H,1-22H2. The quantitative estimate of drug-likeness (QED) is 0.0286. The Morgan fingerprint density at radius 2 is 0.841 bits per heavy atom. The van der Waals surface area contributed by atoms with Gasteiger partial charge in [-0.05, 0) is 0 Å². The molecule has 0 aliphatic heterocycles. The fraction of sp³-hybridized carbons (Fsp3) is 0.917. The van der Waals surface area contributed by atoms with Gasteiger partial charge in [0, 0.05) is 67.7 Å². The van der Waals surface area contributed by atoms with E-state index in [2.05, 4.69) is 0 Å². The smallest absolute Gasteiger partial charge is 0.316 e. The molecule has 0 radical (unpaired) electrons. The fourth-order valence-corrected chi connectivity index (χ4v) is 10.1. The van der Waals surface area contributed by atoms with Crippen LogP contribution >= 0.6 is 118 Å². The Kier molecular flexibility index (Phi) is 43.4. The van der Waals surface area contributed by atoms with Gasteiger partial charge in [-0.2, -0.15) is 23.5 Å². The Bertz CT molecular complexity index is 620. The first-order chi connectivity index (χ1) is 21.7. The fourth-order valence-electron chi connectivity index (χ4n) is 2.23. The summed E-state index contributed by atoms with van der Waals surface area (Å²) in [5.74, 6) is 10.1. The molecule has 0 saturated heterocycles. The maximum Gasteiger partial charge on any atom is 0.316 e. The molecule has 2 N–H and O–H groups in total. The normalized spacial score (nSPS) is 11.2. The summed E-state index contributed by atoms with van der Waals surface area (Å²) in [7, 11) is 0. The number of carbonyl (C=O) groups excluding carboxylic acids is 2. The molecule has 262 valence electrons. The van der Waals surface area contributed by atoms with Gasteiger partial charge in [0.15, 0.2) is 0 Å². The van der Waals surface area contributed by atoms with E-state index in [0.717, 1.165) is 67.7 Å². The van der Waals surface area contributed by atoms with Crippen LogP contribution in [0.1, 0.15) is 0 Å².